The Bertz CT molecular complexity index is 451. The summed E-state index contributed by atoms with van der Waals surface area (Å²) in [4.78, 5) is 23.8. The van der Waals surface area contributed by atoms with Crippen molar-refractivity contribution in [3.8, 4) is 0 Å². The fourth-order valence-electron chi connectivity index (χ4n) is 2.34. The molecular weight excluding hydrogens is 242 g/mol. The summed E-state index contributed by atoms with van der Waals surface area (Å²) in [6, 6.07) is 6.75. The van der Waals surface area contributed by atoms with E-state index in [9.17, 15) is 14.7 Å². The van der Waals surface area contributed by atoms with Gasteiger partial charge in [0.15, 0.2) is 6.04 Å². The number of rotatable bonds is 7. The average Bonchev–Trinajstić information content (AvgIpc) is 3.23. The monoisotopic (exact) mass is 261 g/mol. The maximum Gasteiger partial charge on any atom is 0.331 e. The Morgan fingerprint density at radius 1 is 1.42 bits per heavy atom. The molecule has 1 unspecified atom stereocenters. The third-order valence-corrected chi connectivity index (χ3v) is 3.48. The number of benzene rings is 1. The fraction of sp³-hybridized carbons (Fsp3) is 0.467. The molecule has 1 aliphatic carbocycles. The predicted octanol–water partition coefficient (Wildman–Crippen LogP) is 2.56. The summed E-state index contributed by atoms with van der Waals surface area (Å²) in [7, 11) is 0. The van der Waals surface area contributed by atoms with Crippen LogP contribution in [-0.2, 0) is 9.59 Å². The first kappa shape index (κ1) is 13.6. The number of carboxylic acid groups (broad SMARTS) is 1. The molecule has 1 aromatic rings. The van der Waals surface area contributed by atoms with Gasteiger partial charge in [0, 0.05) is 6.54 Å². The van der Waals surface area contributed by atoms with E-state index in [2.05, 4.69) is 0 Å². The van der Waals surface area contributed by atoms with Crippen molar-refractivity contribution in [2.75, 3.05) is 6.54 Å². The molecular formula is C15H19NO3. The van der Waals surface area contributed by atoms with Gasteiger partial charge in [-0.3, -0.25) is 4.79 Å². The second kappa shape index (κ2) is 5.87. The van der Waals surface area contributed by atoms with Gasteiger partial charge in [-0.1, -0.05) is 31.2 Å². The number of carboxylic acids is 1. The van der Waals surface area contributed by atoms with Crippen LogP contribution in [0.3, 0.4) is 0 Å². The fourth-order valence-corrected chi connectivity index (χ4v) is 2.34. The molecule has 1 fully saturated rings. The minimum Gasteiger partial charge on any atom is -0.479 e. The van der Waals surface area contributed by atoms with Crippen LogP contribution in [0.2, 0.25) is 0 Å². The lowest BCUT2D eigenvalue weighted by Gasteiger charge is -2.25. The maximum absolute atomic E-state index is 11.4. The summed E-state index contributed by atoms with van der Waals surface area (Å²) in [6.07, 6.45) is 3.80. The van der Waals surface area contributed by atoms with E-state index in [1.54, 1.807) is 0 Å². The molecule has 4 heteroatoms. The smallest absolute Gasteiger partial charge is 0.331 e. The topological polar surface area (TPSA) is 57.6 Å². The van der Waals surface area contributed by atoms with Gasteiger partial charge >= 0.3 is 5.97 Å². The van der Waals surface area contributed by atoms with E-state index in [1.807, 2.05) is 31.2 Å². The second-order valence-corrected chi connectivity index (χ2v) is 5.02. The lowest BCUT2D eigenvalue weighted by atomic mass is 10.0. The van der Waals surface area contributed by atoms with Crippen LogP contribution >= 0.6 is 0 Å². The zero-order valence-electron chi connectivity index (χ0n) is 11.1. The third kappa shape index (κ3) is 3.13. The summed E-state index contributed by atoms with van der Waals surface area (Å²) < 4.78 is 0. The van der Waals surface area contributed by atoms with Crippen molar-refractivity contribution in [1.29, 1.82) is 0 Å². The number of amides is 1. The van der Waals surface area contributed by atoms with E-state index < -0.39 is 12.0 Å². The van der Waals surface area contributed by atoms with Gasteiger partial charge in [-0.25, -0.2) is 4.79 Å². The maximum atomic E-state index is 11.4. The van der Waals surface area contributed by atoms with E-state index in [1.165, 1.54) is 23.3 Å². The van der Waals surface area contributed by atoms with Gasteiger partial charge in [0.1, 0.15) is 0 Å². The lowest BCUT2D eigenvalue weighted by molar-refractivity contribution is -0.146. The van der Waals surface area contributed by atoms with Crippen LogP contribution in [0.1, 0.15) is 49.3 Å². The molecule has 19 heavy (non-hydrogen) atoms. The Labute approximate surface area is 113 Å². The van der Waals surface area contributed by atoms with Crippen LogP contribution in [0.15, 0.2) is 24.3 Å². The van der Waals surface area contributed by atoms with Crippen LogP contribution in [0, 0.1) is 0 Å². The zero-order chi connectivity index (χ0) is 13.8. The first-order valence-electron chi connectivity index (χ1n) is 6.71. The molecule has 0 spiro atoms. The largest absolute Gasteiger partial charge is 0.479 e. The molecule has 2 rings (SSSR count). The summed E-state index contributed by atoms with van der Waals surface area (Å²) in [5, 5.41) is 9.35. The van der Waals surface area contributed by atoms with Crippen molar-refractivity contribution in [2.24, 2.45) is 0 Å². The minimum absolute atomic E-state index is 0.449. The Morgan fingerprint density at radius 3 is 2.47 bits per heavy atom. The predicted molar refractivity (Wildman–Crippen MR) is 71.9 cm³/mol. The molecule has 0 bridgehead atoms. The van der Waals surface area contributed by atoms with E-state index >= 15 is 0 Å². The first-order chi connectivity index (χ1) is 9.17. The highest BCUT2D eigenvalue weighted by Crippen LogP contribution is 2.40. The number of carbonyl (C=O) groups excluding carboxylic acids is 1. The molecule has 1 aliphatic rings. The molecule has 0 heterocycles. The summed E-state index contributed by atoms with van der Waals surface area (Å²) in [5.74, 6) is -0.338. The van der Waals surface area contributed by atoms with E-state index in [4.69, 9.17) is 0 Å². The molecule has 1 amide bonds. The Balaban J connectivity index is 2.21. The van der Waals surface area contributed by atoms with Gasteiger partial charge in [0.25, 0.3) is 0 Å². The number of hydrogen-bond acceptors (Lipinski definition) is 2. The molecule has 0 saturated heterocycles. The molecule has 1 aromatic carbocycles. The Morgan fingerprint density at radius 2 is 2.05 bits per heavy atom. The summed E-state index contributed by atoms with van der Waals surface area (Å²) >= 11 is 0. The molecule has 4 nitrogen and oxygen atoms in total. The third-order valence-electron chi connectivity index (χ3n) is 3.48. The molecule has 102 valence electrons. The number of hydrogen-bond donors (Lipinski definition) is 1. The van der Waals surface area contributed by atoms with Crippen LogP contribution in [0.5, 0.6) is 0 Å². The van der Waals surface area contributed by atoms with Gasteiger partial charge in [-0.05, 0) is 36.3 Å². The van der Waals surface area contributed by atoms with Crippen LogP contribution in [-0.4, -0.2) is 28.9 Å². The van der Waals surface area contributed by atoms with Crippen molar-refractivity contribution >= 4 is 12.4 Å². The molecule has 1 N–H and O–H groups in total. The molecule has 1 atom stereocenters. The standard InChI is InChI=1S/C15H19NO3/c1-2-9-16(10-17)14(15(18)19)13-7-5-12(6-8-13)11-3-4-11/h5-8,10-11,14H,2-4,9H2,1H3,(H,18,19). The molecule has 0 radical (unpaired) electrons. The number of nitrogens with zero attached hydrogens (tertiary/aromatic N) is 1. The summed E-state index contributed by atoms with van der Waals surface area (Å²) in [5.41, 5.74) is 1.93. The van der Waals surface area contributed by atoms with Gasteiger partial charge in [0.05, 0.1) is 0 Å². The van der Waals surface area contributed by atoms with Crippen molar-refractivity contribution in [1.82, 2.24) is 4.90 Å². The average molecular weight is 261 g/mol. The number of carbonyl (C=O) groups is 2. The van der Waals surface area contributed by atoms with Crippen molar-refractivity contribution in [2.45, 2.75) is 38.1 Å². The Hall–Kier alpha value is -1.84. The van der Waals surface area contributed by atoms with Crippen molar-refractivity contribution in [3.05, 3.63) is 35.4 Å². The van der Waals surface area contributed by atoms with Crippen molar-refractivity contribution in [3.63, 3.8) is 0 Å². The van der Waals surface area contributed by atoms with Gasteiger partial charge in [0.2, 0.25) is 6.41 Å². The van der Waals surface area contributed by atoms with Crippen LogP contribution in [0.25, 0.3) is 0 Å². The second-order valence-electron chi connectivity index (χ2n) is 5.02. The zero-order valence-corrected chi connectivity index (χ0v) is 11.1. The van der Waals surface area contributed by atoms with Gasteiger partial charge in [-0.2, -0.15) is 0 Å². The Kier molecular flexibility index (Phi) is 4.20. The quantitative estimate of drug-likeness (QED) is 0.767. The highest BCUT2D eigenvalue weighted by molar-refractivity contribution is 5.78. The SMILES string of the molecule is CCCN(C=O)C(C(=O)O)c1ccc(C2CC2)cc1. The lowest BCUT2D eigenvalue weighted by Crippen LogP contribution is -2.33. The van der Waals surface area contributed by atoms with E-state index in [0.717, 1.165) is 6.42 Å². The van der Waals surface area contributed by atoms with Gasteiger partial charge in [-0.15, -0.1) is 0 Å². The molecule has 0 aliphatic heterocycles. The highest BCUT2D eigenvalue weighted by Gasteiger charge is 2.27. The van der Waals surface area contributed by atoms with E-state index in [0.29, 0.717) is 24.4 Å². The van der Waals surface area contributed by atoms with E-state index in [-0.39, 0.29) is 0 Å². The summed E-state index contributed by atoms with van der Waals surface area (Å²) in [6.45, 7) is 2.37. The molecule has 0 aromatic heterocycles. The minimum atomic E-state index is -0.986. The van der Waals surface area contributed by atoms with Crippen LogP contribution < -0.4 is 0 Å². The number of aliphatic carboxylic acids is 1. The van der Waals surface area contributed by atoms with Gasteiger partial charge < -0.3 is 10.0 Å². The first-order valence-corrected chi connectivity index (χ1v) is 6.71. The highest BCUT2D eigenvalue weighted by atomic mass is 16.4. The van der Waals surface area contributed by atoms with Crippen molar-refractivity contribution < 1.29 is 14.7 Å². The molecule has 1 saturated carbocycles. The van der Waals surface area contributed by atoms with Crippen LogP contribution in [0.4, 0.5) is 0 Å². The normalized spacial score (nSPS) is 15.8.